The van der Waals surface area contributed by atoms with Crippen LogP contribution in [0, 0.1) is 0 Å². The third kappa shape index (κ3) is 1.89. The highest BCUT2D eigenvalue weighted by atomic mass is 16.5. The molecule has 1 aromatic heterocycles. The van der Waals surface area contributed by atoms with Crippen LogP contribution in [0.5, 0.6) is 11.5 Å². The van der Waals surface area contributed by atoms with E-state index in [-0.39, 0.29) is 0 Å². The van der Waals surface area contributed by atoms with Gasteiger partial charge in [0.05, 0.1) is 19.4 Å². The van der Waals surface area contributed by atoms with Crippen molar-refractivity contribution in [3.8, 4) is 11.5 Å². The first-order valence-electron chi connectivity index (χ1n) is 4.72. The molecular weight excluding hydrogens is 180 g/mol. The van der Waals surface area contributed by atoms with E-state index in [1.807, 2.05) is 13.1 Å². The van der Waals surface area contributed by atoms with Crippen molar-refractivity contribution < 1.29 is 9.47 Å². The van der Waals surface area contributed by atoms with Crippen LogP contribution < -0.4 is 14.8 Å². The second-order valence-electron chi connectivity index (χ2n) is 3.29. The van der Waals surface area contributed by atoms with Crippen LogP contribution >= 0.6 is 0 Å². The van der Waals surface area contributed by atoms with Crippen molar-refractivity contribution >= 4 is 5.82 Å². The van der Waals surface area contributed by atoms with Gasteiger partial charge in [-0.05, 0) is 12.8 Å². The van der Waals surface area contributed by atoms with Gasteiger partial charge in [-0.2, -0.15) is 0 Å². The molecule has 4 heteroatoms. The monoisotopic (exact) mass is 194 g/mol. The molecule has 2 rings (SSSR count). The lowest BCUT2D eigenvalue weighted by atomic mass is 10.4. The summed E-state index contributed by atoms with van der Waals surface area (Å²) in [6.45, 7) is 0. The first kappa shape index (κ1) is 9.12. The maximum absolute atomic E-state index is 5.68. The molecule has 14 heavy (non-hydrogen) atoms. The summed E-state index contributed by atoms with van der Waals surface area (Å²) in [5.74, 6) is 2.26. The van der Waals surface area contributed by atoms with Gasteiger partial charge in [0.15, 0.2) is 11.6 Å². The van der Waals surface area contributed by atoms with Crippen molar-refractivity contribution in [1.82, 2.24) is 4.98 Å². The van der Waals surface area contributed by atoms with Gasteiger partial charge in [-0.3, -0.25) is 0 Å². The Morgan fingerprint density at radius 2 is 2.29 bits per heavy atom. The predicted octanol–water partition coefficient (Wildman–Crippen LogP) is 1.67. The average Bonchev–Trinajstić information content (AvgIpc) is 3.01. The van der Waals surface area contributed by atoms with Crippen LogP contribution in [0.25, 0.3) is 0 Å². The number of aromatic nitrogens is 1. The van der Waals surface area contributed by atoms with E-state index in [1.165, 1.54) is 0 Å². The highest BCUT2D eigenvalue weighted by Crippen LogP contribution is 2.32. The molecule has 0 spiro atoms. The summed E-state index contributed by atoms with van der Waals surface area (Å²) in [5, 5.41) is 2.99. The first-order chi connectivity index (χ1) is 6.83. The van der Waals surface area contributed by atoms with Gasteiger partial charge >= 0.3 is 0 Å². The Bertz CT molecular complexity index is 324. The Morgan fingerprint density at radius 3 is 2.86 bits per heavy atom. The molecule has 76 valence electrons. The summed E-state index contributed by atoms with van der Waals surface area (Å²) in [5.41, 5.74) is 0. The fraction of sp³-hybridized carbons (Fsp3) is 0.500. The molecule has 0 bridgehead atoms. The van der Waals surface area contributed by atoms with E-state index in [9.17, 15) is 0 Å². The van der Waals surface area contributed by atoms with Gasteiger partial charge in [0.1, 0.15) is 5.75 Å². The fourth-order valence-corrected chi connectivity index (χ4v) is 1.18. The minimum Gasteiger partial charge on any atom is -0.495 e. The molecule has 1 aromatic rings. The zero-order valence-electron chi connectivity index (χ0n) is 8.41. The lowest BCUT2D eigenvalue weighted by Crippen LogP contribution is -2.02. The van der Waals surface area contributed by atoms with Crippen molar-refractivity contribution in [3.05, 3.63) is 12.3 Å². The largest absolute Gasteiger partial charge is 0.495 e. The highest BCUT2D eigenvalue weighted by molar-refractivity contribution is 5.52. The molecule has 0 atom stereocenters. The second kappa shape index (κ2) is 3.74. The zero-order valence-corrected chi connectivity index (χ0v) is 8.41. The molecule has 1 N–H and O–H groups in total. The Morgan fingerprint density at radius 1 is 1.50 bits per heavy atom. The fourth-order valence-electron chi connectivity index (χ4n) is 1.18. The minimum atomic E-state index is 0.371. The molecule has 0 radical (unpaired) electrons. The van der Waals surface area contributed by atoms with Crippen LogP contribution in [0.1, 0.15) is 12.8 Å². The number of anilines is 1. The molecule has 1 fully saturated rings. The standard InChI is InChI=1S/C10H14N2O2/c1-11-10-9(14-7-3-4-7)5-8(13-2)6-12-10/h5-7H,3-4H2,1-2H3,(H,11,12). The van der Waals surface area contributed by atoms with E-state index < -0.39 is 0 Å². The number of pyridine rings is 1. The van der Waals surface area contributed by atoms with Crippen molar-refractivity contribution in [1.29, 1.82) is 0 Å². The lowest BCUT2D eigenvalue weighted by molar-refractivity contribution is 0.301. The third-order valence-electron chi connectivity index (χ3n) is 2.12. The average molecular weight is 194 g/mol. The molecule has 0 unspecified atom stereocenters. The van der Waals surface area contributed by atoms with E-state index in [2.05, 4.69) is 10.3 Å². The van der Waals surface area contributed by atoms with E-state index in [4.69, 9.17) is 9.47 Å². The van der Waals surface area contributed by atoms with Gasteiger partial charge in [0.2, 0.25) is 0 Å². The number of hydrogen-bond acceptors (Lipinski definition) is 4. The Balaban J connectivity index is 2.21. The molecule has 0 aromatic carbocycles. The summed E-state index contributed by atoms with van der Waals surface area (Å²) in [6, 6.07) is 1.86. The van der Waals surface area contributed by atoms with Crippen LogP contribution in [0.15, 0.2) is 12.3 Å². The third-order valence-corrected chi connectivity index (χ3v) is 2.12. The van der Waals surface area contributed by atoms with Gasteiger partial charge in [-0.25, -0.2) is 4.98 Å². The number of nitrogens with zero attached hydrogens (tertiary/aromatic N) is 1. The summed E-state index contributed by atoms with van der Waals surface area (Å²) < 4.78 is 10.8. The second-order valence-corrected chi connectivity index (χ2v) is 3.29. The first-order valence-corrected chi connectivity index (χ1v) is 4.72. The van der Waals surface area contributed by atoms with E-state index >= 15 is 0 Å². The number of ether oxygens (including phenoxy) is 2. The number of hydrogen-bond donors (Lipinski definition) is 1. The number of rotatable bonds is 4. The van der Waals surface area contributed by atoms with Crippen molar-refractivity contribution in [2.75, 3.05) is 19.5 Å². The Hall–Kier alpha value is -1.45. The van der Waals surface area contributed by atoms with Gasteiger partial charge in [0.25, 0.3) is 0 Å². The summed E-state index contributed by atoms with van der Waals surface area (Å²) in [7, 11) is 3.45. The van der Waals surface area contributed by atoms with Gasteiger partial charge < -0.3 is 14.8 Å². The Kier molecular flexibility index (Phi) is 2.43. The van der Waals surface area contributed by atoms with Gasteiger partial charge in [-0.1, -0.05) is 0 Å². The van der Waals surface area contributed by atoms with Crippen LogP contribution in [0.2, 0.25) is 0 Å². The van der Waals surface area contributed by atoms with Crippen LogP contribution in [-0.2, 0) is 0 Å². The minimum absolute atomic E-state index is 0.371. The van der Waals surface area contributed by atoms with Crippen molar-refractivity contribution in [2.45, 2.75) is 18.9 Å². The molecule has 4 nitrogen and oxygen atoms in total. The smallest absolute Gasteiger partial charge is 0.168 e. The van der Waals surface area contributed by atoms with Gasteiger partial charge in [0, 0.05) is 13.1 Å². The SMILES string of the molecule is CNc1ncc(OC)cc1OC1CC1. The summed E-state index contributed by atoms with van der Waals surface area (Å²) in [6.07, 6.45) is 4.32. The topological polar surface area (TPSA) is 43.4 Å². The van der Waals surface area contributed by atoms with Crippen LogP contribution in [0.4, 0.5) is 5.82 Å². The molecule has 0 amide bonds. The predicted molar refractivity (Wildman–Crippen MR) is 54.0 cm³/mol. The molecule has 0 aliphatic heterocycles. The maximum Gasteiger partial charge on any atom is 0.168 e. The zero-order chi connectivity index (χ0) is 9.97. The molecule has 1 heterocycles. The van der Waals surface area contributed by atoms with Crippen molar-refractivity contribution in [2.24, 2.45) is 0 Å². The lowest BCUT2D eigenvalue weighted by Gasteiger charge is -2.10. The number of nitrogens with one attached hydrogen (secondary N) is 1. The molecule has 1 saturated carbocycles. The summed E-state index contributed by atoms with van der Waals surface area (Å²) >= 11 is 0. The maximum atomic E-state index is 5.68. The van der Waals surface area contributed by atoms with Crippen molar-refractivity contribution in [3.63, 3.8) is 0 Å². The Labute approximate surface area is 83.2 Å². The highest BCUT2D eigenvalue weighted by Gasteiger charge is 2.25. The quantitative estimate of drug-likeness (QED) is 0.791. The number of methoxy groups -OCH3 is 1. The van der Waals surface area contributed by atoms with Crippen LogP contribution in [0.3, 0.4) is 0 Å². The molecular formula is C10H14N2O2. The van der Waals surface area contributed by atoms with Crippen LogP contribution in [-0.4, -0.2) is 25.2 Å². The van der Waals surface area contributed by atoms with Gasteiger partial charge in [-0.15, -0.1) is 0 Å². The molecule has 1 aliphatic carbocycles. The van der Waals surface area contributed by atoms with E-state index in [0.29, 0.717) is 6.10 Å². The summed E-state index contributed by atoms with van der Waals surface area (Å²) in [4.78, 5) is 4.19. The molecule has 1 aliphatic rings. The molecule has 0 saturated heterocycles. The normalized spacial score (nSPS) is 15.0. The van der Waals surface area contributed by atoms with E-state index in [1.54, 1.807) is 13.3 Å². The van der Waals surface area contributed by atoms with E-state index in [0.717, 1.165) is 30.2 Å².